The van der Waals surface area contributed by atoms with Crippen molar-refractivity contribution in [2.75, 3.05) is 23.7 Å². The lowest BCUT2D eigenvalue weighted by Crippen LogP contribution is -2.50. The highest BCUT2D eigenvalue weighted by Crippen LogP contribution is 2.37. The fourth-order valence-corrected chi connectivity index (χ4v) is 4.16. The predicted molar refractivity (Wildman–Crippen MR) is 112 cm³/mol. The molecule has 0 radical (unpaired) electrons. The van der Waals surface area contributed by atoms with Crippen molar-refractivity contribution in [1.82, 2.24) is 5.32 Å². The molecule has 2 atom stereocenters. The fraction of sp³-hybridized carbons (Fsp3) is 0.350. The van der Waals surface area contributed by atoms with Crippen molar-refractivity contribution in [3.63, 3.8) is 0 Å². The molecule has 1 amide bonds. The Balaban J connectivity index is 1.76. The molecule has 0 spiro atoms. The molecule has 1 aliphatic heterocycles. The number of hydrogen-bond acceptors (Lipinski definition) is 5. The number of sulfonamides is 1. The maximum atomic E-state index is 12.8. The van der Waals surface area contributed by atoms with E-state index >= 15 is 0 Å². The number of nitrogens with zero attached hydrogens (tertiary/aromatic N) is 1. The Bertz CT molecular complexity index is 994. The number of carbonyl (C=O) groups excluding carboxylic acids is 1. The molecule has 1 N–H and O–H groups in total. The Morgan fingerprint density at radius 3 is 2.62 bits per heavy atom. The molecule has 0 saturated carbocycles. The van der Waals surface area contributed by atoms with Crippen LogP contribution in [0.15, 0.2) is 42.5 Å². The Labute approximate surface area is 175 Å². The van der Waals surface area contributed by atoms with Gasteiger partial charge in [-0.3, -0.25) is 9.10 Å². The molecule has 3 rings (SSSR count). The van der Waals surface area contributed by atoms with E-state index in [-0.39, 0.29) is 12.6 Å². The lowest BCUT2D eigenvalue weighted by Gasteiger charge is -2.34. The normalized spacial score (nSPS) is 17.1. The number of fused-ring (bicyclic) bond motifs is 1. The first-order valence-corrected chi connectivity index (χ1v) is 11.4. The Hall–Kier alpha value is -2.45. The van der Waals surface area contributed by atoms with Gasteiger partial charge in [-0.25, -0.2) is 8.42 Å². The zero-order valence-electron chi connectivity index (χ0n) is 16.4. The van der Waals surface area contributed by atoms with Gasteiger partial charge >= 0.3 is 0 Å². The SMILES string of the molecule is CCOc1ccc([C@@H](C)NC(=O)[C@H]2CN(S(C)(=O)=O)c3cc(Cl)ccc3O2)cc1. The molecular formula is C20H23ClN2O5S. The van der Waals surface area contributed by atoms with Crippen LogP contribution in [-0.2, 0) is 14.8 Å². The summed E-state index contributed by atoms with van der Waals surface area (Å²) in [4.78, 5) is 12.8. The summed E-state index contributed by atoms with van der Waals surface area (Å²) in [6, 6.07) is 11.8. The first-order valence-electron chi connectivity index (χ1n) is 9.16. The predicted octanol–water partition coefficient (Wildman–Crippen LogP) is 3.14. The molecule has 156 valence electrons. The average Bonchev–Trinajstić information content (AvgIpc) is 2.67. The third-order valence-corrected chi connectivity index (χ3v) is 5.91. The highest BCUT2D eigenvalue weighted by atomic mass is 35.5. The summed E-state index contributed by atoms with van der Waals surface area (Å²) in [5.41, 5.74) is 1.22. The van der Waals surface area contributed by atoms with Crippen molar-refractivity contribution in [2.24, 2.45) is 0 Å². The van der Waals surface area contributed by atoms with Crippen molar-refractivity contribution in [3.8, 4) is 11.5 Å². The van der Waals surface area contributed by atoms with Crippen LogP contribution in [0.25, 0.3) is 0 Å². The number of rotatable bonds is 6. The van der Waals surface area contributed by atoms with E-state index in [0.29, 0.717) is 23.1 Å². The van der Waals surface area contributed by atoms with E-state index in [4.69, 9.17) is 21.1 Å². The van der Waals surface area contributed by atoms with Gasteiger partial charge < -0.3 is 14.8 Å². The maximum absolute atomic E-state index is 12.8. The van der Waals surface area contributed by atoms with Crippen molar-refractivity contribution in [2.45, 2.75) is 26.0 Å². The summed E-state index contributed by atoms with van der Waals surface area (Å²) in [5, 5.41) is 3.26. The zero-order chi connectivity index (χ0) is 21.2. The smallest absolute Gasteiger partial charge is 0.263 e. The summed E-state index contributed by atoms with van der Waals surface area (Å²) in [5.74, 6) is 0.644. The van der Waals surface area contributed by atoms with Crippen LogP contribution >= 0.6 is 11.6 Å². The second-order valence-electron chi connectivity index (χ2n) is 6.74. The zero-order valence-corrected chi connectivity index (χ0v) is 18.0. The summed E-state index contributed by atoms with van der Waals surface area (Å²) < 4.78 is 36.8. The molecule has 29 heavy (non-hydrogen) atoms. The minimum Gasteiger partial charge on any atom is -0.494 e. The summed E-state index contributed by atoms with van der Waals surface area (Å²) in [6.45, 7) is 4.20. The Morgan fingerprint density at radius 2 is 2.00 bits per heavy atom. The second-order valence-corrected chi connectivity index (χ2v) is 9.09. The highest BCUT2D eigenvalue weighted by Gasteiger charge is 2.35. The molecular weight excluding hydrogens is 416 g/mol. The molecule has 1 aliphatic rings. The van der Waals surface area contributed by atoms with Crippen molar-refractivity contribution < 1.29 is 22.7 Å². The molecule has 9 heteroatoms. The number of carbonyl (C=O) groups is 1. The first-order chi connectivity index (χ1) is 13.7. The lowest BCUT2D eigenvalue weighted by atomic mass is 10.1. The van der Waals surface area contributed by atoms with Gasteiger partial charge in [0.05, 0.1) is 31.1 Å². The van der Waals surface area contributed by atoms with Crippen LogP contribution < -0.4 is 19.1 Å². The Kier molecular flexibility index (Phi) is 6.24. The number of ether oxygens (including phenoxy) is 2. The van der Waals surface area contributed by atoms with Gasteiger partial charge in [-0.15, -0.1) is 0 Å². The monoisotopic (exact) mass is 438 g/mol. The number of halogens is 1. The molecule has 0 bridgehead atoms. The van der Waals surface area contributed by atoms with Crippen LogP contribution in [0.5, 0.6) is 11.5 Å². The standard InChI is InChI=1S/C20H23ClN2O5S/c1-4-27-16-8-5-14(6-9-16)13(2)22-20(24)19-12-23(29(3,25)26)17-11-15(21)7-10-18(17)28-19/h5-11,13,19H,4,12H2,1-3H3,(H,22,24)/t13-,19-/m1/s1. The number of anilines is 1. The molecule has 0 aliphatic carbocycles. The molecule has 1 heterocycles. The van der Waals surface area contributed by atoms with Crippen LogP contribution in [0, 0.1) is 0 Å². The first kappa shape index (κ1) is 21.3. The maximum Gasteiger partial charge on any atom is 0.263 e. The van der Waals surface area contributed by atoms with Crippen molar-refractivity contribution in [3.05, 3.63) is 53.1 Å². The van der Waals surface area contributed by atoms with E-state index in [1.807, 2.05) is 38.1 Å². The number of nitrogens with one attached hydrogen (secondary N) is 1. The van der Waals surface area contributed by atoms with Crippen LogP contribution in [0.4, 0.5) is 5.69 Å². The number of hydrogen-bond donors (Lipinski definition) is 1. The molecule has 0 aromatic heterocycles. The van der Waals surface area contributed by atoms with Gasteiger partial charge in [0.1, 0.15) is 11.5 Å². The van der Waals surface area contributed by atoms with Gasteiger partial charge in [0.25, 0.3) is 5.91 Å². The van der Waals surface area contributed by atoms with Gasteiger partial charge in [-0.2, -0.15) is 0 Å². The largest absolute Gasteiger partial charge is 0.494 e. The molecule has 0 fully saturated rings. The number of benzene rings is 2. The van der Waals surface area contributed by atoms with E-state index in [9.17, 15) is 13.2 Å². The molecule has 0 unspecified atom stereocenters. The van der Waals surface area contributed by atoms with E-state index in [1.165, 1.54) is 6.07 Å². The minimum absolute atomic E-state index is 0.131. The van der Waals surface area contributed by atoms with Gasteiger partial charge in [0.2, 0.25) is 10.0 Å². The average molecular weight is 439 g/mol. The van der Waals surface area contributed by atoms with Crippen LogP contribution in [0.1, 0.15) is 25.5 Å². The van der Waals surface area contributed by atoms with Crippen molar-refractivity contribution in [1.29, 1.82) is 0 Å². The summed E-state index contributed by atoms with van der Waals surface area (Å²) >= 11 is 5.99. The molecule has 7 nitrogen and oxygen atoms in total. The third kappa shape index (κ3) is 4.94. The summed E-state index contributed by atoms with van der Waals surface area (Å²) in [6.07, 6.45) is 0.101. The lowest BCUT2D eigenvalue weighted by molar-refractivity contribution is -0.128. The second kappa shape index (κ2) is 8.51. The van der Waals surface area contributed by atoms with E-state index in [1.54, 1.807) is 12.1 Å². The van der Waals surface area contributed by atoms with Crippen LogP contribution in [0.2, 0.25) is 5.02 Å². The quantitative estimate of drug-likeness (QED) is 0.748. The van der Waals surface area contributed by atoms with E-state index in [0.717, 1.165) is 21.9 Å². The van der Waals surface area contributed by atoms with Gasteiger partial charge in [-0.05, 0) is 49.7 Å². The third-order valence-electron chi connectivity index (χ3n) is 4.53. The van der Waals surface area contributed by atoms with Gasteiger partial charge in [-0.1, -0.05) is 23.7 Å². The molecule has 2 aromatic carbocycles. The Morgan fingerprint density at radius 1 is 1.31 bits per heavy atom. The highest BCUT2D eigenvalue weighted by molar-refractivity contribution is 7.92. The number of amides is 1. The van der Waals surface area contributed by atoms with E-state index in [2.05, 4.69) is 5.32 Å². The van der Waals surface area contributed by atoms with Crippen LogP contribution in [-0.4, -0.2) is 39.8 Å². The molecule has 0 saturated heterocycles. The van der Waals surface area contributed by atoms with Crippen LogP contribution in [0.3, 0.4) is 0 Å². The van der Waals surface area contributed by atoms with Gasteiger partial charge in [0, 0.05) is 5.02 Å². The fourth-order valence-electron chi connectivity index (χ4n) is 3.08. The minimum atomic E-state index is -3.61. The van der Waals surface area contributed by atoms with E-state index < -0.39 is 22.0 Å². The summed E-state index contributed by atoms with van der Waals surface area (Å²) in [7, 11) is -3.61. The topological polar surface area (TPSA) is 84.9 Å². The van der Waals surface area contributed by atoms with Gasteiger partial charge in [0.15, 0.2) is 6.10 Å². The van der Waals surface area contributed by atoms with Crippen molar-refractivity contribution >= 4 is 33.2 Å². The molecule has 2 aromatic rings.